The number of imidazole rings is 1. The maximum Gasteiger partial charge on any atom is 0.228 e. The Kier molecular flexibility index (Phi) is 4.21. The Morgan fingerprint density at radius 2 is 2.00 bits per heavy atom. The van der Waals surface area contributed by atoms with Crippen molar-refractivity contribution in [3.8, 4) is 17.0 Å². The van der Waals surface area contributed by atoms with Crippen molar-refractivity contribution in [2.45, 2.75) is 6.54 Å². The standard InChI is InChI=1S/C17H19N5O3/c23-7-4-22-11-18-15-14(12-2-1-3-13(24)10-12)19-17(20-16(15)22)21-5-8-25-9-6-21/h1-3,10-11,23-24H,4-9H2. The van der Waals surface area contributed by atoms with Crippen molar-refractivity contribution in [3.63, 3.8) is 0 Å². The third kappa shape index (κ3) is 3.01. The summed E-state index contributed by atoms with van der Waals surface area (Å²) in [6.45, 7) is 3.13. The summed E-state index contributed by atoms with van der Waals surface area (Å²) in [7, 11) is 0. The first kappa shape index (κ1) is 15.8. The average molecular weight is 341 g/mol. The van der Waals surface area contributed by atoms with E-state index < -0.39 is 0 Å². The normalized spacial score (nSPS) is 15.0. The van der Waals surface area contributed by atoms with Gasteiger partial charge in [0.25, 0.3) is 0 Å². The van der Waals surface area contributed by atoms with Crippen LogP contribution in [0.1, 0.15) is 0 Å². The molecule has 1 aliphatic heterocycles. The van der Waals surface area contributed by atoms with Gasteiger partial charge < -0.3 is 24.4 Å². The number of rotatable bonds is 4. The Labute approximate surface area is 144 Å². The summed E-state index contributed by atoms with van der Waals surface area (Å²) in [4.78, 5) is 15.9. The number of aromatic nitrogens is 4. The molecule has 8 heteroatoms. The van der Waals surface area contributed by atoms with E-state index in [9.17, 15) is 10.2 Å². The summed E-state index contributed by atoms with van der Waals surface area (Å²) >= 11 is 0. The van der Waals surface area contributed by atoms with E-state index in [0.717, 1.165) is 18.7 Å². The highest BCUT2D eigenvalue weighted by Gasteiger charge is 2.20. The van der Waals surface area contributed by atoms with Gasteiger partial charge in [-0.05, 0) is 12.1 Å². The summed E-state index contributed by atoms with van der Waals surface area (Å²) in [5.41, 5.74) is 2.76. The fraction of sp³-hybridized carbons (Fsp3) is 0.353. The van der Waals surface area contributed by atoms with Crippen molar-refractivity contribution in [3.05, 3.63) is 30.6 Å². The molecule has 0 unspecified atom stereocenters. The topological polar surface area (TPSA) is 96.5 Å². The number of benzene rings is 1. The molecule has 0 radical (unpaired) electrons. The summed E-state index contributed by atoms with van der Waals surface area (Å²) in [6, 6.07) is 6.94. The fourth-order valence-electron chi connectivity index (χ4n) is 2.96. The van der Waals surface area contributed by atoms with Crippen LogP contribution in [-0.4, -0.2) is 62.6 Å². The zero-order chi connectivity index (χ0) is 17.2. The van der Waals surface area contributed by atoms with Gasteiger partial charge in [0.05, 0.1) is 26.1 Å². The van der Waals surface area contributed by atoms with Crippen LogP contribution in [0, 0.1) is 0 Å². The third-order valence-electron chi connectivity index (χ3n) is 4.21. The predicted molar refractivity (Wildman–Crippen MR) is 92.5 cm³/mol. The number of fused-ring (bicyclic) bond motifs is 1. The quantitative estimate of drug-likeness (QED) is 0.731. The molecule has 0 atom stereocenters. The second kappa shape index (κ2) is 6.66. The molecule has 2 N–H and O–H groups in total. The highest BCUT2D eigenvalue weighted by molar-refractivity contribution is 5.88. The Morgan fingerprint density at radius 1 is 1.16 bits per heavy atom. The molecule has 1 fully saturated rings. The Balaban J connectivity index is 1.89. The van der Waals surface area contributed by atoms with Gasteiger partial charge in [0.15, 0.2) is 5.65 Å². The molecule has 130 valence electrons. The molecule has 1 aromatic carbocycles. The number of ether oxygens (including phenoxy) is 1. The Bertz CT molecular complexity index is 889. The van der Waals surface area contributed by atoms with Gasteiger partial charge in [0.1, 0.15) is 17.0 Å². The molecule has 3 heterocycles. The van der Waals surface area contributed by atoms with E-state index in [4.69, 9.17) is 9.72 Å². The van der Waals surface area contributed by atoms with Gasteiger partial charge in [-0.15, -0.1) is 0 Å². The van der Waals surface area contributed by atoms with Gasteiger partial charge in [-0.25, -0.2) is 9.97 Å². The van der Waals surface area contributed by atoms with Crippen LogP contribution >= 0.6 is 0 Å². The van der Waals surface area contributed by atoms with Crippen LogP contribution in [0.3, 0.4) is 0 Å². The second-order valence-electron chi connectivity index (χ2n) is 5.86. The number of aromatic hydroxyl groups is 1. The minimum Gasteiger partial charge on any atom is -0.508 e. The average Bonchev–Trinajstić information content (AvgIpc) is 3.05. The molecular formula is C17H19N5O3. The lowest BCUT2D eigenvalue weighted by molar-refractivity contribution is 0.122. The maximum absolute atomic E-state index is 9.82. The second-order valence-corrected chi connectivity index (χ2v) is 5.86. The van der Waals surface area contributed by atoms with Crippen molar-refractivity contribution >= 4 is 17.1 Å². The summed E-state index contributed by atoms with van der Waals surface area (Å²) in [6.07, 6.45) is 1.66. The summed E-state index contributed by atoms with van der Waals surface area (Å²) in [5.74, 6) is 0.779. The Morgan fingerprint density at radius 3 is 2.76 bits per heavy atom. The van der Waals surface area contributed by atoms with Crippen LogP contribution in [0.25, 0.3) is 22.4 Å². The number of aliphatic hydroxyl groups excluding tert-OH is 1. The van der Waals surface area contributed by atoms with Gasteiger partial charge in [-0.3, -0.25) is 0 Å². The first-order chi connectivity index (χ1) is 12.3. The lowest BCUT2D eigenvalue weighted by Crippen LogP contribution is -2.37. The molecule has 0 saturated carbocycles. The van der Waals surface area contributed by atoms with E-state index in [2.05, 4.69) is 14.9 Å². The first-order valence-electron chi connectivity index (χ1n) is 8.22. The number of hydrogen-bond acceptors (Lipinski definition) is 7. The van der Waals surface area contributed by atoms with E-state index in [1.54, 1.807) is 24.5 Å². The van der Waals surface area contributed by atoms with Gasteiger partial charge in [0, 0.05) is 25.2 Å². The molecule has 1 aliphatic rings. The molecule has 2 aromatic heterocycles. The molecule has 0 aliphatic carbocycles. The zero-order valence-electron chi connectivity index (χ0n) is 13.7. The van der Waals surface area contributed by atoms with Gasteiger partial charge in [-0.2, -0.15) is 4.98 Å². The summed E-state index contributed by atoms with van der Waals surface area (Å²) in [5, 5.41) is 19.1. The minimum absolute atomic E-state index is 0.00378. The molecular weight excluding hydrogens is 322 g/mol. The minimum atomic E-state index is 0.00378. The SMILES string of the molecule is OCCn1cnc2c(-c3cccc(O)c3)nc(N3CCOCC3)nc21. The van der Waals surface area contributed by atoms with Gasteiger partial charge in [-0.1, -0.05) is 12.1 Å². The molecule has 0 bridgehead atoms. The largest absolute Gasteiger partial charge is 0.508 e. The number of anilines is 1. The number of hydrogen-bond donors (Lipinski definition) is 2. The lowest BCUT2D eigenvalue weighted by atomic mass is 10.1. The summed E-state index contributed by atoms with van der Waals surface area (Å²) < 4.78 is 7.22. The number of aliphatic hydroxyl groups is 1. The fourth-order valence-corrected chi connectivity index (χ4v) is 2.96. The number of nitrogens with zero attached hydrogens (tertiary/aromatic N) is 5. The van der Waals surface area contributed by atoms with E-state index in [1.807, 2.05) is 10.6 Å². The highest BCUT2D eigenvalue weighted by Crippen LogP contribution is 2.29. The van der Waals surface area contributed by atoms with Gasteiger partial charge >= 0.3 is 0 Å². The van der Waals surface area contributed by atoms with Gasteiger partial charge in [0.2, 0.25) is 5.95 Å². The first-order valence-corrected chi connectivity index (χ1v) is 8.22. The molecule has 25 heavy (non-hydrogen) atoms. The monoisotopic (exact) mass is 341 g/mol. The van der Waals surface area contributed by atoms with Crippen LogP contribution in [-0.2, 0) is 11.3 Å². The van der Waals surface area contributed by atoms with Crippen molar-refractivity contribution in [1.82, 2.24) is 19.5 Å². The number of phenolic OH excluding ortho intramolecular Hbond substituents is 1. The van der Waals surface area contributed by atoms with Crippen LogP contribution < -0.4 is 4.90 Å². The van der Waals surface area contributed by atoms with E-state index >= 15 is 0 Å². The molecule has 1 saturated heterocycles. The van der Waals surface area contributed by atoms with Crippen molar-refractivity contribution in [2.24, 2.45) is 0 Å². The number of phenols is 1. The third-order valence-corrected chi connectivity index (χ3v) is 4.21. The van der Waals surface area contributed by atoms with Crippen LogP contribution in [0.2, 0.25) is 0 Å². The zero-order valence-corrected chi connectivity index (χ0v) is 13.7. The Hall–Kier alpha value is -2.71. The van der Waals surface area contributed by atoms with E-state index in [1.165, 1.54) is 0 Å². The van der Waals surface area contributed by atoms with Crippen LogP contribution in [0.5, 0.6) is 5.75 Å². The number of morpholine rings is 1. The van der Waals surface area contributed by atoms with Crippen molar-refractivity contribution < 1.29 is 14.9 Å². The molecule has 4 rings (SSSR count). The van der Waals surface area contributed by atoms with E-state index in [0.29, 0.717) is 42.6 Å². The molecule has 0 spiro atoms. The highest BCUT2D eigenvalue weighted by atomic mass is 16.5. The smallest absolute Gasteiger partial charge is 0.228 e. The predicted octanol–water partition coefficient (Wildman–Crippen LogP) is 1.03. The van der Waals surface area contributed by atoms with Crippen LogP contribution in [0.15, 0.2) is 30.6 Å². The van der Waals surface area contributed by atoms with E-state index in [-0.39, 0.29) is 12.4 Å². The van der Waals surface area contributed by atoms with Crippen LogP contribution in [0.4, 0.5) is 5.95 Å². The lowest BCUT2D eigenvalue weighted by Gasteiger charge is -2.27. The van der Waals surface area contributed by atoms with Crippen molar-refractivity contribution in [1.29, 1.82) is 0 Å². The maximum atomic E-state index is 9.82. The molecule has 8 nitrogen and oxygen atoms in total. The van der Waals surface area contributed by atoms with Crippen molar-refractivity contribution in [2.75, 3.05) is 37.8 Å². The molecule has 0 amide bonds. The molecule has 3 aromatic rings.